The SMILES string of the molecule is CCCC(C)NC(=O)c1cc(N)c[nH]1. The number of nitrogens with two attached hydrogens (primary N) is 1. The number of nitrogen functional groups attached to an aromatic ring is 1. The molecule has 0 aromatic carbocycles. The highest BCUT2D eigenvalue weighted by atomic mass is 16.1. The number of aromatic nitrogens is 1. The molecule has 4 N–H and O–H groups in total. The quantitative estimate of drug-likeness (QED) is 0.681. The summed E-state index contributed by atoms with van der Waals surface area (Å²) >= 11 is 0. The molecule has 0 spiro atoms. The van der Waals surface area contributed by atoms with Gasteiger partial charge < -0.3 is 16.0 Å². The van der Waals surface area contributed by atoms with Crippen LogP contribution in [0, 0.1) is 0 Å². The van der Waals surface area contributed by atoms with E-state index in [1.165, 1.54) is 0 Å². The van der Waals surface area contributed by atoms with E-state index in [9.17, 15) is 4.79 Å². The zero-order chi connectivity index (χ0) is 10.6. The van der Waals surface area contributed by atoms with Gasteiger partial charge in [-0.05, 0) is 19.4 Å². The van der Waals surface area contributed by atoms with Crippen LogP contribution in [0.4, 0.5) is 5.69 Å². The van der Waals surface area contributed by atoms with Crippen LogP contribution in [0.3, 0.4) is 0 Å². The molecule has 1 unspecified atom stereocenters. The second kappa shape index (κ2) is 4.69. The van der Waals surface area contributed by atoms with Gasteiger partial charge in [-0.15, -0.1) is 0 Å². The van der Waals surface area contributed by atoms with Gasteiger partial charge in [0.25, 0.3) is 5.91 Å². The minimum absolute atomic E-state index is 0.0948. The van der Waals surface area contributed by atoms with Gasteiger partial charge in [0.1, 0.15) is 5.69 Å². The number of rotatable bonds is 4. The number of amides is 1. The Balaban J connectivity index is 2.50. The van der Waals surface area contributed by atoms with Crippen molar-refractivity contribution in [3.05, 3.63) is 18.0 Å². The molecular formula is C10H17N3O. The molecule has 14 heavy (non-hydrogen) atoms. The van der Waals surface area contributed by atoms with Gasteiger partial charge in [-0.2, -0.15) is 0 Å². The highest BCUT2D eigenvalue weighted by molar-refractivity contribution is 5.93. The molecule has 4 heteroatoms. The molecule has 0 saturated carbocycles. The molecule has 1 aromatic rings. The first kappa shape index (κ1) is 10.6. The third kappa shape index (κ3) is 2.80. The first-order chi connectivity index (χ1) is 6.63. The van der Waals surface area contributed by atoms with Gasteiger partial charge >= 0.3 is 0 Å². The van der Waals surface area contributed by atoms with Gasteiger partial charge in [-0.25, -0.2) is 0 Å². The van der Waals surface area contributed by atoms with Gasteiger partial charge in [-0.3, -0.25) is 4.79 Å². The van der Waals surface area contributed by atoms with E-state index in [-0.39, 0.29) is 11.9 Å². The Bertz CT molecular complexity index is 306. The van der Waals surface area contributed by atoms with E-state index < -0.39 is 0 Å². The van der Waals surface area contributed by atoms with Crippen molar-refractivity contribution in [1.82, 2.24) is 10.3 Å². The highest BCUT2D eigenvalue weighted by Crippen LogP contribution is 2.05. The molecule has 1 heterocycles. The first-order valence-electron chi connectivity index (χ1n) is 4.88. The molecule has 1 rings (SSSR count). The Morgan fingerprint density at radius 3 is 2.93 bits per heavy atom. The number of aromatic amines is 1. The summed E-state index contributed by atoms with van der Waals surface area (Å²) < 4.78 is 0. The fraction of sp³-hybridized carbons (Fsp3) is 0.500. The largest absolute Gasteiger partial charge is 0.397 e. The Morgan fingerprint density at radius 2 is 2.43 bits per heavy atom. The maximum Gasteiger partial charge on any atom is 0.267 e. The molecule has 1 amide bonds. The van der Waals surface area contributed by atoms with Gasteiger partial charge in [0.05, 0.1) is 0 Å². The van der Waals surface area contributed by atoms with Crippen LogP contribution in [0.1, 0.15) is 37.2 Å². The maximum atomic E-state index is 11.5. The Hall–Kier alpha value is -1.45. The lowest BCUT2D eigenvalue weighted by atomic mass is 10.2. The summed E-state index contributed by atoms with van der Waals surface area (Å²) in [5.74, 6) is -0.0948. The van der Waals surface area contributed by atoms with Crippen LogP contribution in [-0.2, 0) is 0 Å². The summed E-state index contributed by atoms with van der Waals surface area (Å²) in [4.78, 5) is 14.4. The lowest BCUT2D eigenvalue weighted by Gasteiger charge is -2.11. The summed E-state index contributed by atoms with van der Waals surface area (Å²) in [7, 11) is 0. The molecule has 0 aliphatic carbocycles. The van der Waals surface area contributed by atoms with Crippen LogP contribution in [0.2, 0.25) is 0 Å². The van der Waals surface area contributed by atoms with E-state index in [0.717, 1.165) is 12.8 Å². The number of nitrogens with one attached hydrogen (secondary N) is 2. The minimum atomic E-state index is -0.0948. The number of hydrogen-bond acceptors (Lipinski definition) is 2. The number of hydrogen-bond donors (Lipinski definition) is 3. The average molecular weight is 195 g/mol. The molecule has 78 valence electrons. The first-order valence-corrected chi connectivity index (χ1v) is 4.88. The topological polar surface area (TPSA) is 70.9 Å². The zero-order valence-corrected chi connectivity index (χ0v) is 8.63. The third-order valence-electron chi connectivity index (χ3n) is 2.05. The molecule has 0 fully saturated rings. The van der Waals surface area contributed by atoms with E-state index >= 15 is 0 Å². The molecule has 4 nitrogen and oxygen atoms in total. The second-order valence-electron chi connectivity index (χ2n) is 3.51. The standard InChI is InChI=1S/C10H17N3O/c1-3-4-7(2)13-10(14)9-5-8(11)6-12-9/h5-7,12H,3-4,11H2,1-2H3,(H,13,14). The third-order valence-corrected chi connectivity index (χ3v) is 2.05. The van der Waals surface area contributed by atoms with Crippen molar-refractivity contribution in [1.29, 1.82) is 0 Å². The zero-order valence-electron chi connectivity index (χ0n) is 8.63. The summed E-state index contributed by atoms with van der Waals surface area (Å²) in [6.45, 7) is 4.09. The normalized spacial score (nSPS) is 12.4. The fourth-order valence-electron chi connectivity index (χ4n) is 1.35. The number of anilines is 1. The van der Waals surface area contributed by atoms with Crippen molar-refractivity contribution in [2.24, 2.45) is 0 Å². The van der Waals surface area contributed by atoms with E-state index in [2.05, 4.69) is 17.2 Å². The van der Waals surface area contributed by atoms with Crippen LogP contribution >= 0.6 is 0 Å². The van der Waals surface area contributed by atoms with Crippen molar-refractivity contribution in [2.75, 3.05) is 5.73 Å². The highest BCUT2D eigenvalue weighted by Gasteiger charge is 2.10. The van der Waals surface area contributed by atoms with E-state index in [1.54, 1.807) is 12.3 Å². The Kier molecular flexibility index (Phi) is 3.56. The van der Waals surface area contributed by atoms with Crippen molar-refractivity contribution < 1.29 is 4.79 Å². The molecule has 0 bridgehead atoms. The van der Waals surface area contributed by atoms with Crippen LogP contribution < -0.4 is 11.1 Å². The summed E-state index contributed by atoms with van der Waals surface area (Å²) in [6.07, 6.45) is 3.66. The smallest absolute Gasteiger partial charge is 0.267 e. The van der Waals surface area contributed by atoms with E-state index in [4.69, 9.17) is 5.73 Å². The maximum absolute atomic E-state index is 11.5. The summed E-state index contributed by atoms with van der Waals surface area (Å²) in [6, 6.07) is 1.84. The van der Waals surface area contributed by atoms with Gasteiger partial charge in [0.2, 0.25) is 0 Å². The molecule has 1 aromatic heterocycles. The number of carbonyl (C=O) groups excluding carboxylic acids is 1. The second-order valence-corrected chi connectivity index (χ2v) is 3.51. The van der Waals surface area contributed by atoms with Crippen LogP contribution in [0.25, 0.3) is 0 Å². The predicted molar refractivity (Wildman–Crippen MR) is 57.0 cm³/mol. The lowest BCUT2D eigenvalue weighted by molar-refractivity contribution is 0.0934. The van der Waals surface area contributed by atoms with Crippen LogP contribution in [0.5, 0.6) is 0 Å². The number of carbonyl (C=O) groups is 1. The monoisotopic (exact) mass is 195 g/mol. The van der Waals surface area contributed by atoms with Gasteiger partial charge in [0.15, 0.2) is 0 Å². The Labute approximate surface area is 83.9 Å². The van der Waals surface area contributed by atoms with E-state index in [1.807, 2.05) is 6.92 Å². The van der Waals surface area contributed by atoms with Crippen LogP contribution in [0.15, 0.2) is 12.3 Å². The van der Waals surface area contributed by atoms with Crippen molar-refractivity contribution >= 4 is 11.6 Å². The molecule has 1 atom stereocenters. The molecule has 0 radical (unpaired) electrons. The average Bonchev–Trinajstić information content (AvgIpc) is 2.52. The fourth-order valence-corrected chi connectivity index (χ4v) is 1.35. The minimum Gasteiger partial charge on any atom is -0.397 e. The molecule has 0 saturated heterocycles. The molecule has 0 aliphatic heterocycles. The summed E-state index contributed by atoms with van der Waals surface area (Å²) in [5, 5.41) is 2.88. The predicted octanol–water partition coefficient (Wildman–Crippen LogP) is 1.52. The number of H-pyrrole nitrogens is 1. The lowest BCUT2D eigenvalue weighted by Crippen LogP contribution is -2.32. The van der Waals surface area contributed by atoms with Crippen molar-refractivity contribution in [3.8, 4) is 0 Å². The van der Waals surface area contributed by atoms with Gasteiger partial charge in [-0.1, -0.05) is 13.3 Å². The van der Waals surface area contributed by atoms with Crippen molar-refractivity contribution in [3.63, 3.8) is 0 Å². The Morgan fingerprint density at radius 1 is 1.71 bits per heavy atom. The van der Waals surface area contributed by atoms with Crippen molar-refractivity contribution in [2.45, 2.75) is 32.7 Å². The molecular weight excluding hydrogens is 178 g/mol. The van der Waals surface area contributed by atoms with E-state index in [0.29, 0.717) is 11.4 Å². The molecule has 0 aliphatic rings. The van der Waals surface area contributed by atoms with Gasteiger partial charge in [0, 0.05) is 17.9 Å². The van der Waals surface area contributed by atoms with Crippen LogP contribution in [-0.4, -0.2) is 16.9 Å². The summed E-state index contributed by atoms with van der Waals surface area (Å²) in [5.41, 5.74) is 6.60.